The van der Waals surface area contributed by atoms with Crippen molar-refractivity contribution in [1.82, 2.24) is 0 Å². The molecule has 16 heavy (non-hydrogen) atoms. The number of amides is 1. The lowest BCUT2D eigenvalue weighted by atomic mass is 10.2. The first-order valence-electron chi connectivity index (χ1n) is 5.07. The summed E-state index contributed by atoms with van der Waals surface area (Å²) in [5.41, 5.74) is 6.94. The van der Waals surface area contributed by atoms with Gasteiger partial charge in [0.05, 0.1) is 11.8 Å². The number of thioether (sulfide) groups is 2. The average molecular weight is 254 g/mol. The summed E-state index contributed by atoms with van der Waals surface area (Å²) >= 11 is 3.84. The minimum Gasteiger partial charge on any atom is -0.366 e. The normalized spacial score (nSPS) is 16.9. The number of anilines is 1. The molecule has 0 radical (unpaired) electrons. The highest BCUT2D eigenvalue weighted by Crippen LogP contribution is 2.24. The van der Waals surface area contributed by atoms with Crippen molar-refractivity contribution >= 4 is 35.1 Å². The van der Waals surface area contributed by atoms with E-state index in [1.807, 2.05) is 41.7 Å². The van der Waals surface area contributed by atoms with Gasteiger partial charge in [-0.3, -0.25) is 4.79 Å². The molecule has 1 fully saturated rings. The van der Waals surface area contributed by atoms with E-state index in [0.717, 1.165) is 17.4 Å². The summed E-state index contributed by atoms with van der Waals surface area (Å²) < 4.78 is 0. The molecule has 1 heterocycles. The van der Waals surface area contributed by atoms with Gasteiger partial charge in [-0.15, -0.1) is 23.5 Å². The molecule has 1 saturated heterocycles. The molecule has 1 aromatic carbocycles. The lowest BCUT2D eigenvalue weighted by Crippen LogP contribution is -2.21. The minimum absolute atomic E-state index is 0.364. The summed E-state index contributed by atoms with van der Waals surface area (Å²) in [6.45, 7) is 0. The molecule has 2 N–H and O–H groups in total. The number of hydrogen-bond acceptors (Lipinski definition) is 4. The Bertz CT molecular complexity index is 376. The van der Waals surface area contributed by atoms with Crippen molar-refractivity contribution in [2.45, 2.75) is 0 Å². The Hall–Kier alpha value is -0.810. The van der Waals surface area contributed by atoms with Gasteiger partial charge in [0.15, 0.2) is 0 Å². The highest BCUT2D eigenvalue weighted by molar-refractivity contribution is 8.03. The van der Waals surface area contributed by atoms with E-state index in [4.69, 9.17) is 5.73 Å². The number of benzene rings is 1. The maximum absolute atomic E-state index is 11.1. The minimum atomic E-state index is -0.364. The van der Waals surface area contributed by atoms with Gasteiger partial charge in [-0.1, -0.05) is 6.07 Å². The fourth-order valence-corrected chi connectivity index (χ4v) is 3.75. The van der Waals surface area contributed by atoms with Gasteiger partial charge in [-0.2, -0.15) is 0 Å². The number of primary amides is 1. The van der Waals surface area contributed by atoms with Crippen LogP contribution in [0.5, 0.6) is 0 Å². The lowest BCUT2D eigenvalue weighted by Gasteiger charge is -2.21. The quantitative estimate of drug-likeness (QED) is 0.876. The van der Waals surface area contributed by atoms with Crippen LogP contribution in [0.4, 0.5) is 5.69 Å². The average Bonchev–Trinajstić information content (AvgIpc) is 2.57. The first kappa shape index (κ1) is 11.7. The van der Waals surface area contributed by atoms with Crippen molar-refractivity contribution in [3.63, 3.8) is 0 Å². The van der Waals surface area contributed by atoms with Crippen molar-refractivity contribution in [1.29, 1.82) is 0 Å². The third-order valence-electron chi connectivity index (χ3n) is 2.36. The van der Waals surface area contributed by atoms with Gasteiger partial charge >= 0.3 is 0 Å². The third-order valence-corrected chi connectivity index (χ3v) is 4.59. The van der Waals surface area contributed by atoms with Gasteiger partial charge in [0.25, 0.3) is 0 Å². The van der Waals surface area contributed by atoms with Gasteiger partial charge in [-0.05, 0) is 18.2 Å². The molecule has 0 unspecified atom stereocenters. The van der Waals surface area contributed by atoms with Crippen molar-refractivity contribution in [2.75, 3.05) is 28.2 Å². The fraction of sp³-hybridized carbons (Fsp3) is 0.364. The molecule has 0 aliphatic carbocycles. The molecule has 0 aromatic heterocycles. The summed E-state index contributed by atoms with van der Waals surface area (Å²) in [5, 5.41) is 0. The Labute approximate surface area is 104 Å². The smallest absolute Gasteiger partial charge is 0.248 e. The second kappa shape index (κ2) is 5.50. The van der Waals surface area contributed by atoms with Crippen molar-refractivity contribution in [3.8, 4) is 0 Å². The standard InChI is InChI=1S/C11H14N2OS2/c12-11(14)9-2-1-3-10(6-9)13-7-15-4-5-16-8-13/h1-3,6H,4-5,7-8H2,(H2,12,14). The molecular formula is C11H14N2OS2. The molecule has 0 atom stereocenters. The Morgan fingerprint density at radius 1 is 1.25 bits per heavy atom. The van der Waals surface area contributed by atoms with Crippen LogP contribution in [0.3, 0.4) is 0 Å². The van der Waals surface area contributed by atoms with Gasteiger partial charge < -0.3 is 10.6 Å². The maximum Gasteiger partial charge on any atom is 0.248 e. The van der Waals surface area contributed by atoms with Crippen molar-refractivity contribution < 1.29 is 4.79 Å². The molecule has 2 rings (SSSR count). The number of hydrogen-bond donors (Lipinski definition) is 1. The van der Waals surface area contributed by atoms with E-state index in [2.05, 4.69) is 4.90 Å². The first-order valence-corrected chi connectivity index (χ1v) is 7.38. The molecule has 0 saturated carbocycles. The summed E-state index contributed by atoms with van der Waals surface area (Å²) in [6, 6.07) is 7.53. The van der Waals surface area contributed by atoms with Crippen LogP contribution in [0, 0.1) is 0 Å². The van der Waals surface area contributed by atoms with Gasteiger partial charge in [0.2, 0.25) is 5.91 Å². The van der Waals surface area contributed by atoms with E-state index < -0.39 is 0 Å². The number of nitrogens with two attached hydrogens (primary N) is 1. The molecule has 86 valence electrons. The zero-order valence-corrected chi connectivity index (χ0v) is 10.5. The molecule has 5 heteroatoms. The Morgan fingerprint density at radius 3 is 2.56 bits per heavy atom. The highest BCUT2D eigenvalue weighted by Gasteiger charge is 2.11. The van der Waals surface area contributed by atoms with Crippen LogP contribution in [-0.4, -0.2) is 29.2 Å². The van der Waals surface area contributed by atoms with Crippen LogP contribution < -0.4 is 10.6 Å². The topological polar surface area (TPSA) is 46.3 Å². The molecular weight excluding hydrogens is 240 g/mol. The zero-order valence-electron chi connectivity index (χ0n) is 8.89. The first-order chi connectivity index (χ1) is 7.77. The second-order valence-corrected chi connectivity index (χ2v) is 5.68. The van der Waals surface area contributed by atoms with E-state index in [-0.39, 0.29) is 5.91 Å². The predicted octanol–water partition coefficient (Wildman–Crippen LogP) is 1.99. The summed E-state index contributed by atoms with van der Waals surface area (Å²) in [5.74, 6) is 3.98. The van der Waals surface area contributed by atoms with E-state index >= 15 is 0 Å². The van der Waals surface area contributed by atoms with E-state index in [0.29, 0.717) is 5.56 Å². The number of rotatable bonds is 2. The van der Waals surface area contributed by atoms with Crippen LogP contribution >= 0.6 is 23.5 Å². The fourth-order valence-electron chi connectivity index (χ4n) is 1.51. The van der Waals surface area contributed by atoms with E-state index in [1.54, 1.807) is 6.07 Å². The number of nitrogens with zero attached hydrogens (tertiary/aromatic N) is 1. The van der Waals surface area contributed by atoms with Crippen molar-refractivity contribution in [3.05, 3.63) is 29.8 Å². The van der Waals surface area contributed by atoms with Gasteiger partial charge in [0.1, 0.15) is 0 Å². The van der Waals surface area contributed by atoms with Crippen LogP contribution in [-0.2, 0) is 0 Å². The number of carbonyl (C=O) groups is 1. The predicted molar refractivity (Wildman–Crippen MR) is 72.1 cm³/mol. The largest absolute Gasteiger partial charge is 0.366 e. The highest BCUT2D eigenvalue weighted by atomic mass is 32.2. The lowest BCUT2D eigenvalue weighted by molar-refractivity contribution is 0.100. The Balaban J connectivity index is 2.18. The number of carbonyl (C=O) groups excluding carboxylic acids is 1. The van der Waals surface area contributed by atoms with Crippen LogP contribution in [0.2, 0.25) is 0 Å². The molecule has 1 amide bonds. The van der Waals surface area contributed by atoms with Crippen molar-refractivity contribution in [2.24, 2.45) is 5.73 Å². The Morgan fingerprint density at radius 2 is 1.94 bits per heavy atom. The zero-order chi connectivity index (χ0) is 11.4. The van der Waals surface area contributed by atoms with Gasteiger partial charge in [0, 0.05) is 22.8 Å². The molecule has 1 aromatic rings. The molecule has 3 nitrogen and oxygen atoms in total. The Kier molecular flexibility index (Phi) is 4.01. The van der Waals surface area contributed by atoms with E-state index in [1.165, 1.54) is 11.5 Å². The molecule has 1 aliphatic heterocycles. The maximum atomic E-state index is 11.1. The summed E-state index contributed by atoms with van der Waals surface area (Å²) in [4.78, 5) is 13.4. The summed E-state index contributed by atoms with van der Waals surface area (Å²) in [6.07, 6.45) is 0. The second-order valence-electron chi connectivity index (χ2n) is 3.53. The van der Waals surface area contributed by atoms with E-state index in [9.17, 15) is 4.79 Å². The SMILES string of the molecule is NC(=O)c1cccc(N2CSCCSC2)c1. The molecule has 0 bridgehead atoms. The monoisotopic (exact) mass is 254 g/mol. The molecule has 0 spiro atoms. The third kappa shape index (κ3) is 2.86. The van der Waals surface area contributed by atoms with Crippen LogP contribution in [0.25, 0.3) is 0 Å². The molecule has 1 aliphatic rings. The van der Waals surface area contributed by atoms with Crippen LogP contribution in [0.1, 0.15) is 10.4 Å². The summed E-state index contributed by atoms with van der Waals surface area (Å²) in [7, 11) is 0. The van der Waals surface area contributed by atoms with Gasteiger partial charge in [-0.25, -0.2) is 0 Å². The van der Waals surface area contributed by atoms with Crippen LogP contribution in [0.15, 0.2) is 24.3 Å².